The second-order valence-corrected chi connectivity index (χ2v) is 6.85. The maximum Gasteiger partial charge on any atom is 0.388 e. The Labute approximate surface area is 164 Å². The van der Waals surface area contributed by atoms with Crippen LogP contribution in [0.4, 0.5) is 20.4 Å². The Bertz CT molecular complexity index is 969. The second-order valence-electron chi connectivity index (χ2n) is 6.85. The summed E-state index contributed by atoms with van der Waals surface area (Å²) in [6, 6.07) is 1.29. The topological polar surface area (TPSA) is 123 Å². The molecule has 10 nitrogen and oxygen atoms in total. The summed E-state index contributed by atoms with van der Waals surface area (Å²) in [5.41, 5.74) is 1.50. The second kappa shape index (κ2) is 8.25. The first kappa shape index (κ1) is 19.5. The highest BCUT2D eigenvalue weighted by atomic mass is 19.3. The molecule has 1 saturated heterocycles. The molecule has 0 amide bonds. The van der Waals surface area contributed by atoms with Gasteiger partial charge in [0.25, 0.3) is 0 Å². The predicted molar refractivity (Wildman–Crippen MR) is 98.0 cm³/mol. The van der Waals surface area contributed by atoms with E-state index in [0.29, 0.717) is 54.2 Å². The average molecular weight is 409 g/mol. The van der Waals surface area contributed by atoms with Crippen LogP contribution in [-0.4, -0.2) is 54.9 Å². The summed E-state index contributed by atoms with van der Waals surface area (Å²) in [6.07, 6.45) is 2.54. The van der Waals surface area contributed by atoms with E-state index < -0.39 is 12.7 Å². The van der Waals surface area contributed by atoms with E-state index in [-0.39, 0.29) is 5.88 Å². The Morgan fingerprint density at radius 3 is 2.93 bits per heavy atom. The highest BCUT2D eigenvalue weighted by Gasteiger charge is 2.21. The van der Waals surface area contributed by atoms with Gasteiger partial charge in [-0.3, -0.25) is 5.10 Å². The number of halogens is 2. The lowest BCUT2D eigenvalue weighted by Gasteiger charge is -2.21. The molecule has 1 unspecified atom stereocenters. The minimum absolute atomic E-state index is 0.238. The van der Waals surface area contributed by atoms with Crippen molar-refractivity contribution in [3.8, 4) is 5.88 Å². The zero-order valence-electron chi connectivity index (χ0n) is 15.7. The van der Waals surface area contributed by atoms with Crippen molar-refractivity contribution < 1.29 is 23.4 Å². The van der Waals surface area contributed by atoms with Gasteiger partial charge in [-0.2, -0.15) is 13.9 Å². The summed E-state index contributed by atoms with van der Waals surface area (Å²) in [7, 11) is 0. The molecule has 156 valence electrons. The van der Waals surface area contributed by atoms with Crippen LogP contribution in [0.25, 0.3) is 11.2 Å². The summed E-state index contributed by atoms with van der Waals surface area (Å²) in [5, 5.41) is 23.7. The van der Waals surface area contributed by atoms with Crippen molar-refractivity contribution in [3.05, 3.63) is 18.0 Å². The normalized spacial score (nSPS) is 16.4. The molecule has 1 atom stereocenters. The molecular weight excluding hydrogens is 388 g/mol. The van der Waals surface area contributed by atoms with E-state index in [1.165, 1.54) is 12.3 Å². The maximum absolute atomic E-state index is 12.3. The number of aromatic nitrogens is 6. The number of nitrogens with one attached hydrogen (secondary N) is 2. The predicted octanol–water partition coefficient (Wildman–Crippen LogP) is 2.37. The van der Waals surface area contributed by atoms with Gasteiger partial charge in [0.1, 0.15) is 17.0 Å². The van der Waals surface area contributed by atoms with Crippen LogP contribution < -0.4 is 10.1 Å². The Balaban J connectivity index is 1.60. The third-order valence-electron chi connectivity index (χ3n) is 4.66. The fraction of sp³-hybridized carbons (Fsp3) is 0.529. The SMILES string of the molecule is CC(O)c1nn(CC2CCOCC2)c2nc(Nc3cc(OC(F)F)n[nH]3)cnc12. The van der Waals surface area contributed by atoms with Gasteiger partial charge in [0.05, 0.1) is 12.3 Å². The number of ether oxygens (including phenoxy) is 2. The molecule has 0 bridgehead atoms. The van der Waals surface area contributed by atoms with Crippen molar-refractivity contribution in [2.45, 2.75) is 39.0 Å². The number of aliphatic hydroxyl groups excluding tert-OH is 1. The van der Waals surface area contributed by atoms with Gasteiger partial charge in [-0.25, -0.2) is 14.6 Å². The molecular formula is C17H21F2N7O3. The van der Waals surface area contributed by atoms with Crippen LogP contribution >= 0.6 is 0 Å². The van der Waals surface area contributed by atoms with Crippen LogP contribution in [0.2, 0.25) is 0 Å². The molecule has 0 spiro atoms. The minimum atomic E-state index is -2.96. The molecule has 0 aliphatic carbocycles. The molecule has 29 heavy (non-hydrogen) atoms. The lowest BCUT2D eigenvalue weighted by molar-refractivity contribution is -0.0528. The van der Waals surface area contributed by atoms with Crippen molar-refractivity contribution in [3.63, 3.8) is 0 Å². The number of aliphatic hydroxyl groups is 1. The fourth-order valence-electron chi connectivity index (χ4n) is 3.26. The largest absolute Gasteiger partial charge is 0.415 e. The monoisotopic (exact) mass is 409 g/mol. The van der Waals surface area contributed by atoms with Gasteiger partial charge < -0.3 is 19.9 Å². The smallest absolute Gasteiger partial charge is 0.388 e. The molecule has 0 aromatic carbocycles. The van der Waals surface area contributed by atoms with Crippen LogP contribution in [0.1, 0.15) is 31.6 Å². The van der Waals surface area contributed by atoms with Gasteiger partial charge in [0, 0.05) is 25.8 Å². The number of aromatic amines is 1. The first-order valence-corrected chi connectivity index (χ1v) is 9.26. The number of hydrogen-bond acceptors (Lipinski definition) is 8. The molecule has 3 aromatic heterocycles. The molecule has 3 aromatic rings. The van der Waals surface area contributed by atoms with Crippen molar-refractivity contribution in [1.82, 2.24) is 29.9 Å². The number of nitrogens with zero attached hydrogens (tertiary/aromatic N) is 5. The van der Waals surface area contributed by atoms with Crippen LogP contribution in [0.15, 0.2) is 12.3 Å². The molecule has 3 N–H and O–H groups in total. The number of fused-ring (bicyclic) bond motifs is 1. The molecule has 1 fully saturated rings. The van der Waals surface area contributed by atoms with Crippen molar-refractivity contribution in [2.75, 3.05) is 18.5 Å². The zero-order valence-corrected chi connectivity index (χ0v) is 15.7. The van der Waals surface area contributed by atoms with E-state index >= 15 is 0 Å². The molecule has 1 aliphatic heterocycles. The van der Waals surface area contributed by atoms with Crippen molar-refractivity contribution in [1.29, 1.82) is 0 Å². The van der Waals surface area contributed by atoms with E-state index in [0.717, 1.165) is 12.8 Å². The first-order chi connectivity index (χ1) is 14.0. The van der Waals surface area contributed by atoms with Crippen molar-refractivity contribution >= 4 is 22.8 Å². The number of anilines is 2. The van der Waals surface area contributed by atoms with Gasteiger partial charge in [0.15, 0.2) is 11.5 Å². The van der Waals surface area contributed by atoms with Gasteiger partial charge in [0.2, 0.25) is 5.88 Å². The number of rotatable bonds is 7. The summed E-state index contributed by atoms with van der Waals surface area (Å²) < 4.78 is 35.9. The van der Waals surface area contributed by atoms with Gasteiger partial charge >= 0.3 is 6.61 Å². The van der Waals surface area contributed by atoms with E-state index in [9.17, 15) is 13.9 Å². The third-order valence-corrected chi connectivity index (χ3v) is 4.66. The van der Waals surface area contributed by atoms with E-state index in [4.69, 9.17) is 4.74 Å². The molecule has 12 heteroatoms. The van der Waals surface area contributed by atoms with Crippen LogP contribution in [0.3, 0.4) is 0 Å². The van der Waals surface area contributed by atoms with Crippen LogP contribution in [0, 0.1) is 5.92 Å². The van der Waals surface area contributed by atoms with E-state index in [2.05, 4.69) is 35.3 Å². The summed E-state index contributed by atoms with van der Waals surface area (Å²) >= 11 is 0. The van der Waals surface area contributed by atoms with E-state index in [1.807, 2.05) is 0 Å². The Hall–Kier alpha value is -2.86. The van der Waals surface area contributed by atoms with Gasteiger partial charge in [-0.05, 0) is 25.7 Å². The van der Waals surface area contributed by atoms with E-state index in [1.54, 1.807) is 11.6 Å². The summed E-state index contributed by atoms with van der Waals surface area (Å²) in [6.45, 7) is 0.744. The Morgan fingerprint density at radius 1 is 1.41 bits per heavy atom. The van der Waals surface area contributed by atoms with Crippen molar-refractivity contribution in [2.24, 2.45) is 5.92 Å². The maximum atomic E-state index is 12.3. The average Bonchev–Trinajstić information content (AvgIpc) is 3.27. The molecule has 4 heterocycles. The highest BCUT2D eigenvalue weighted by molar-refractivity contribution is 5.76. The fourth-order valence-corrected chi connectivity index (χ4v) is 3.26. The number of alkyl halides is 2. The van der Waals surface area contributed by atoms with Gasteiger partial charge in [-0.1, -0.05) is 0 Å². The molecule has 0 saturated carbocycles. The van der Waals surface area contributed by atoms with Crippen LogP contribution in [-0.2, 0) is 11.3 Å². The zero-order chi connectivity index (χ0) is 20.4. The molecule has 1 aliphatic rings. The lowest BCUT2D eigenvalue weighted by atomic mass is 10.0. The highest BCUT2D eigenvalue weighted by Crippen LogP contribution is 2.26. The minimum Gasteiger partial charge on any atom is -0.415 e. The number of hydrogen-bond donors (Lipinski definition) is 3. The first-order valence-electron chi connectivity index (χ1n) is 9.26. The summed E-state index contributed by atoms with van der Waals surface area (Å²) in [5.74, 6) is 0.849. The Kier molecular flexibility index (Phi) is 5.53. The standard InChI is InChI=1S/C17H21F2N7O3/c1-9(27)14-15-16(26(25-14)8-10-2-4-28-5-3-10)22-12(7-20-15)21-11-6-13(24-23-11)29-17(18)19/h6-7,9-10,17,27H,2-5,8H2,1H3,(H2,21,22,23,24). The molecule has 4 rings (SSSR count). The van der Waals surface area contributed by atoms with Crippen LogP contribution in [0.5, 0.6) is 5.88 Å². The Morgan fingerprint density at radius 2 is 2.21 bits per heavy atom. The van der Waals surface area contributed by atoms with Gasteiger partial charge in [-0.15, -0.1) is 5.10 Å². The lowest BCUT2D eigenvalue weighted by Crippen LogP contribution is -2.21. The number of H-pyrrole nitrogens is 1. The quantitative estimate of drug-likeness (QED) is 0.544. The summed E-state index contributed by atoms with van der Waals surface area (Å²) in [4.78, 5) is 8.95. The molecule has 0 radical (unpaired) electrons. The third kappa shape index (κ3) is 4.43.